The Kier molecular flexibility index (Phi) is 5.31. The smallest absolute Gasteiger partial charge is 0.363 e. The Morgan fingerprint density at radius 3 is 2.46 bits per heavy atom. The second kappa shape index (κ2) is 7.49. The number of alkyl halides is 3. The van der Waals surface area contributed by atoms with Crippen LogP contribution in [0.15, 0.2) is 36.5 Å². The van der Waals surface area contributed by atoms with E-state index < -0.39 is 11.7 Å². The number of benzene rings is 1. The quantitative estimate of drug-likeness (QED) is 0.833. The van der Waals surface area contributed by atoms with Crippen LogP contribution >= 0.6 is 0 Å². The first-order chi connectivity index (χ1) is 12.3. The van der Waals surface area contributed by atoms with Crippen molar-refractivity contribution in [2.24, 2.45) is 0 Å². The molecule has 0 N–H and O–H groups in total. The van der Waals surface area contributed by atoms with Crippen molar-refractivity contribution in [3.63, 3.8) is 0 Å². The molecule has 0 aliphatic carbocycles. The van der Waals surface area contributed by atoms with E-state index in [1.54, 1.807) is 12.3 Å². The van der Waals surface area contributed by atoms with Crippen molar-refractivity contribution in [2.75, 3.05) is 50.1 Å². The van der Waals surface area contributed by atoms with Crippen LogP contribution in [0.25, 0.3) is 0 Å². The van der Waals surface area contributed by atoms with E-state index in [4.69, 9.17) is 0 Å². The lowest BCUT2D eigenvalue weighted by atomic mass is 10.1. The van der Waals surface area contributed by atoms with Gasteiger partial charge >= 0.3 is 6.18 Å². The molecule has 26 heavy (non-hydrogen) atoms. The van der Waals surface area contributed by atoms with Gasteiger partial charge in [0, 0.05) is 53.0 Å². The minimum atomic E-state index is -4.30. The minimum Gasteiger partial charge on any atom is -0.363 e. The SMILES string of the molecule is CN(C)c1ccnc(N2CCN(Cc3cccc(C(F)(F)F)c3)CC2)n1. The van der Waals surface area contributed by atoms with E-state index in [0.29, 0.717) is 18.1 Å². The van der Waals surface area contributed by atoms with Gasteiger partial charge in [-0.3, -0.25) is 4.90 Å². The Morgan fingerprint density at radius 2 is 1.81 bits per heavy atom. The topological polar surface area (TPSA) is 35.5 Å². The number of hydrogen-bond donors (Lipinski definition) is 0. The fourth-order valence-electron chi connectivity index (χ4n) is 2.95. The van der Waals surface area contributed by atoms with E-state index in [1.165, 1.54) is 12.1 Å². The summed E-state index contributed by atoms with van der Waals surface area (Å²) in [5.41, 5.74) is 0.0849. The van der Waals surface area contributed by atoms with E-state index in [9.17, 15) is 13.2 Å². The van der Waals surface area contributed by atoms with Gasteiger partial charge in [-0.15, -0.1) is 0 Å². The zero-order valence-electron chi connectivity index (χ0n) is 14.9. The number of nitrogens with zero attached hydrogens (tertiary/aromatic N) is 5. The van der Waals surface area contributed by atoms with Crippen molar-refractivity contribution in [3.8, 4) is 0 Å². The summed E-state index contributed by atoms with van der Waals surface area (Å²) in [6.45, 7) is 3.51. The summed E-state index contributed by atoms with van der Waals surface area (Å²) in [4.78, 5) is 15.1. The fourth-order valence-corrected chi connectivity index (χ4v) is 2.95. The Morgan fingerprint density at radius 1 is 1.08 bits per heavy atom. The normalized spacial score (nSPS) is 16.0. The number of rotatable bonds is 4. The highest BCUT2D eigenvalue weighted by Crippen LogP contribution is 2.29. The van der Waals surface area contributed by atoms with Crippen LogP contribution in [0.3, 0.4) is 0 Å². The van der Waals surface area contributed by atoms with Crippen LogP contribution in [0, 0.1) is 0 Å². The number of halogens is 3. The molecule has 0 radical (unpaired) electrons. The number of anilines is 2. The van der Waals surface area contributed by atoms with Crippen LogP contribution < -0.4 is 9.80 Å². The van der Waals surface area contributed by atoms with Gasteiger partial charge in [0.15, 0.2) is 0 Å². The van der Waals surface area contributed by atoms with Gasteiger partial charge in [0.2, 0.25) is 5.95 Å². The first kappa shape index (κ1) is 18.4. The third kappa shape index (κ3) is 4.43. The number of hydrogen-bond acceptors (Lipinski definition) is 5. The first-order valence-corrected chi connectivity index (χ1v) is 8.47. The average Bonchev–Trinajstić information content (AvgIpc) is 2.62. The van der Waals surface area contributed by atoms with Crippen LogP contribution in [-0.4, -0.2) is 55.1 Å². The molecule has 1 aliphatic rings. The summed E-state index contributed by atoms with van der Waals surface area (Å²) in [6.07, 6.45) is -2.56. The maximum absolute atomic E-state index is 12.8. The van der Waals surface area contributed by atoms with Crippen molar-refractivity contribution in [1.82, 2.24) is 14.9 Å². The van der Waals surface area contributed by atoms with Crippen molar-refractivity contribution >= 4 is 11.8 Å². The molecule has 3 rings (SSSR count). The average molecular weight is 365 g/mol. The summed E-state index contributed by atoms with van der Waals surface area (Å²) < 4.78 is 38.5. The molecule has 1 saturated heterocycles. The monoisotopic (exact) mass is 365 g/mol. The highest BCUT2D eigenvalue weighted by Gasteiger charge is 2.30. The van der Waals surface area contributed by atoms with Gasteiger partial charge in [0.25, 0.3) is 0 Å². The zero-order chi connectivity index (χ0) is 18.7. The molecular formula is C18H22F3N5. The first-order valence-electron chi connectivity index (χ1n) is 8.47. The molecule has 8 heteroatoms. The second-order valence-corrected chi connectivity index (χ2v) is 6.57. The van der Waals surface area contributed by atoms with Crippen molar-refractivity contribution in [2.45, 2.75) is 12.7 Å². The molecule has 0 spiro atoms. The predicted octanol–water partition coefficient (Wildman–Crippen LogP) is 2.88. The van der Waals surface area contributed by atoms with E-state index >= 15 is 0 Å². The van der Waals surface area contributed by atoms with E-state index in [1.807, 2.05) is 25.1 Å². The molecule has 5 nitrogen and oxygen atoms in total. The van der Waals surface area contributed by atoms with Crippen molar-refractivity contribution in [3.05, 3.63) is 47.7 Å². The summed E-state index contributed by atoms with van der Waals surface area (Å²) in [6, 6.07) is 7.40. The summed E-state index contributed by atoms with van der Waals surface area (Å²) in [7, 11) is 3.86. The largest absolute Gasteiger partial charge is 0.416 e. The summed E-state index contributed by atoms with van der Waals surface area (Å²) in [5, 5.41) is 0. The van der Waals surface area contributed by atoms with Gasteiger partial charge in [0.05, 0.1) is 5.56 Å². The molecule has 0 bridgehead atoms. The van der Waals surface area contributed by atoms with Crippen LogP contribution in [0.2, 0.25) is 0 Å². The Bertz CT molecular complexity index is 740. The Balaban J connectivity index is 1.60. The lowest BCUT2D eigenvalue weighted by Gasteiger charge is -2.35. The molecule has 1 aliphatic heterocycles. The van der Waals surface area contributed by atoms with Crippen LogP contribution in [0.1, 0.15) is 11.1 Å². The van der Waals surface area contributed by atoms with Crippen LogP contribution in [0.5, 0.6) is 0 Å². The predicted molar refractivity (Wildman–Crippen MR) is 95.3 cm³/mol. The summed E-state index contributed by atoms with van der Waals surface area (Å²) >= 11 is 0. The lowest BCUT2D eigenvalue weighted by molar-refractivity contribution is -0.137. The van der Waals surface area contributed by atoms with Gasteiger partial charge in [-0.05, 0) is 17.7 Å². The summed E-state index contributed by atoms with van der Waals surface area (Å²) in [5.74, 6) is 1.54. The zero-order valence-corrected chi connectivity index (χ0v) is 14.9. The fraction of sp³-hybridized carbons (Fsp3) is 0.444. The molecule has 1 fully saturated rings. The number of piperazine rings is 1. The molecule has 1 aromatic carbocycles. The van der Waals surface area contributed by atoms with Gasteiger partial charge in [-0.2, -0.15) is 18.2 Å². The van der Waals surface area contributed by atoms with E-state index in [2.05, 4.69) is 19.8 Å². The van der Waals surface area contributed by atoms with Crippen molar-refractivity contribution in [1.29, 1.82) is 0 Å². The molecule has 0 atom stereocenters. The third-order valence-corrected chi connectivity index (χ3v) is 4.40. The lowest BCUT2D eigenvalue weighted by Crippen LogP contribution is -2.46. The maximum atomic E-state index is 12.8. The van der Waals surface area contributed by atoms with E-state index in [0.717, 1.165) is 38.1 Å². The molecule has 0 unspecified atom stereocenters. The Labute approximate surface area is 151 Å². The second-order valence-electron chi connectivity index (χ2n) is 6.57. The molecule has 1 aromatic heterocycles. The molecular weight excluding hydrogens is 343 g/mol. The standard InChI is InChI=1S/C18H22F3N5/c1-24(2)16-6-7-22-17(23-16)26-10-8-25(9-11-26)13-14-4-3-5-15(12-14)18(19,20)21/h3-7,12H,8-11,13H2,1-2H3. The highest BCUT2D eigenvalue weighted by atomic mass is 19.4. The molecule has 2 heterocycles. The van der Waals surface area contributed by atoms with Crippen LogP contribution in [-0.2, 0) is 12.7 Å². The molecule has 0 saturated carbocycles. The van der Waals surface area contributed by atoms with Gasteiger partial charge in [-0.1, -0.05) is 18.2 Å². The van der Waals surface area contributed by atoms with Gasteiger partial charge < -0.3 is 9.80 Å². The third-order valence-electron chi connectivity index (χ3n) is 4.40. The number of aromatic nitrogens is 2. The maximum Gasteiger partial charge on any atom is 0.416 e. The van der Waals surface area contributed by atoms with E-state index in [-0.39, 0.29) is 0 Å². The molecule has 2 aromatic rings. The highest BCUT2D eigenvalue weighted by molar-refractivity contribution is 5.42. The van der Waals surface area contributed by atoms with Crippen molar-refractivity contribution < 1.29 is 13.2 Å². The molecule has 0 amide bonds. The molecule has 140 valence electrons. The Hall–Kier alpha value is -2.35. The minimum absolute atomic E-state index is 0.510. The van der Waals surface area contributed by atoms with Gasteiger partial charge in [-0.25, -0.2) is 4.98 Å². The van der Waals surface area contributed by atoms with Crippen LogP contribution in [0.4, 0.5) is 24.9 Å². The van der Waals surface area contributed by atoms with Gasteiger partial charge in [0.1, 0.15) is 5.82 Å².